The van der Waals surface area contributed by atoms with Crippen LogP contribution in [0.5, 0.6) is 0 Å². The van der Waals surface area contributed by atoms with E-state index in [1.54, 1.807) is 0 Å². The molecule has 2 fully saturated rings. The molecule has 2 saturated heterocycles. The number of hydrogen-bond acceptors (Lipinski definition) is 6. The van der Waals surface area contributed by atoms with Gasteiger partial charge in [-0.15, -0.1) is 24.8 Å². The molecule has 23 heavy (non-hydrogen) atoms. The summed E-state index contributed by atoms with van der Waals surface area (Å²) in [6.45, 7) is 7.92. The maximum absolute atomic E-state index is 12.3. The van der Waals surface area contributed by atoms with E-state index >= 15 is 0 Å². The summed E-state index contributed by atoms with van der Waals surface area (Å²) < 4.78 is 10.8. The van der Waals surface area contributed by atoms with Crippen LogP contribution in [0.3, 0.4) is 0 Å². The van der Waals surface area contributed by atoms with Gasteiger partial charge in [-0.05, 0) is 6.92 Å². The molecule has 2 aliphatic rings. The van der Waals surface area contributed by atoms with Gasteiger partial charge in [-0.1, -0.05) is 5.16 Å². The number of hydrogen-bond donors (Lipinski definition) is 1. The van der Waals surface area contributed by atoms with Gasteiger partial charge in [0, 0.05) is 45.3 Å². The lowest BCUT2D eigenvalue weighted by molar-refractivity contribution is -0.147. The molecule has 1 amide bonds. The van der Waals surface area contributed by atoms with E-state index in [1.165, 1.54) is 0 Å². The van der Waals surface area contributed by atoms with Crippen molar-refractivity contribution in [3.05, 3.63) is 17.5 Å². The maximum Gasteiger partial charge on any atom is 0.253 e. The second kappa shape index (κ2) is 9.44. The van der Waals surface area contributed by atoms with Crippen molar-refractivity contribution in [2.24, 2.45) is 0 Å². The highest BCUT2D eigenvalue weighted by Crippen LogP contribution is 2.11. The van der Waals surface area contributed by atoms with Crippen LogP contribution in [-0.2, 0) is 16.1 Å². The summed E-state index contributed by atoms with van der Waals surface area (Å²) in [6.07, 6.45) is -0.317. The normalized spacial score (nSPS) is 22.1. The smallest absolute Gasteiger partial charge is 0.253 e. The second-order valence-electron chi connectivity index (χ2n) is 5.60. The maximum atomic E-state index is 12.3. The molecule has 1 unspecified atom stereocenters. The van der Waals surface area contributed by atoms with Gasteiger partial charge in [-0.3, -0.25) is 9.69 Å². The first-order chi connectivity index (χ1) is 10.2. The van der Waals surface area contributed by atoms with Crippen LogP contribution in [0.1, 0.15) is 11.5 Å². The van der Waals surface area contributed by atoms with Gasteiger partial charge in [0.05, 0.1) is 18.8 Å². The first kappa shape index (κ1) is 20.2. The Morgan fingerprint density at radius 3 is 2.65 bits per heavy atom. The molecule has 0 spiro atoms. The molecule has 7 nitrogen and oxygen atoms in total. The van der Waals surface area contributed by atoms with Crippen LogP contribution >= 0.6 is 24.8 Å². The van der Waals surface area contributed by atoms with Gasteiger partial charge in [-0.2, -0.15) is 0 Å². The molecule has 9 heteroatoms. The molecule has 0 saturated carbocycles. The third-order valence-corrected chi connectivity index (χ3v) is 3.94. The van der Waals surface area contributed by atoms with Crippen molar-refractivity contribution < 1.29 is 14.1 Å². The molecule has 1 N–H and O–H groups in total. The van der Waals surface area contributed by atoms with E-state index in [-0.39, 0.29) is 36.8 Å². The molecule has 3 heterocycles. The lowest BCUT2D eigenvalue weighted by Crippen LogP contribution is -2.54. The van der Waals surface area contributed by atoms with Crippen LogP contribution in [0.25, 0.3) is 0 Å². The van der Waals surface area contributed by atoms with Crippen LogP contribution in [0.2, 0.25) is 0 Å². The Kier molecular flexibility index (Phi) is 8.28. The minimum absolute atomic E-state index is 0. The Balaban J connectivity index is 0.00000132. The third kappa shape index (κ3) is 5.32. The molecule has 1 atom stereocenters. The fourth-order valence-corrected chi connectivity index (χ4v) is 2.77. The highest BCUT2D eigenvalue weighted by molar-refractivity contribution is 5.85. The lowest BCUT2D eigenvalue weighted by Gasteiger charge is -2.36. The van der Waals surface area contributed by atoms with E-state index in [2.05, 4.69) is 15.4 Å². The highest BCUT2D eigenvalue weighted by Gasteiger charge is 2.29. The van der Waals surface area contributed by atoms with Crippen molar-refractivity contribution in [3.8, 4) is 0 Å². The van der Waals surface area contributed by atoms with Gasteiger partial charge >= 0.3 is 0 Å². The summed E-state index contributed by atoms with van der Waals surface area (Å²) in [5.41, 5.74) is 0.903. The number of nitrogens with zero attached hydrogens (tertiary/aromatic N) is 3. The molecule has 0 aliphatic carbocycles. The van der Waals surface area contributed by atoms with Crippen molar-refractivity contribution >= 4 is 30.7 Å². The van der Waals surface area contributed by atoms with Gasteiger partial charge in [0.1, 0.15) is 6.10 Å². The number of nitrogens with one attached hydrogen (secondary N) is 1. The van der Waals surface area contributed by atoms with Gasteiger partial charge in [0.15, 0.2) is 5.76 Å². The number of carbonyl (C=O) groups is 1. The Hall–Kier alpha value is -0.860. The molecule has 0 aromatic carbocycles. The largest absolute Gasteiger partial charge is 0.366 e. The van der Waals surface area contributed by atoms with Crippen LogP contribution in [0.4, 0.5) is 0 Å². The van der Waals surface area contributed by atoms with E-state index in [9.17, 15) is 4.79 Å². The summed E-state index contributed by atoms with van der Waals surface area (Å²) in [7, 11) is 0. The average molecular weight is 367 g/mol. The highest BCUT2D eigenvalue weighted by atomic mass is 35.5. The monoisotopic (exact) mass is 366 g/mol. The zero-order valence-electron chi connectivity index (χ0n) is 13.2. The third-order valence-electron chi connectivity index (χ3n) is 3.94. The predicted octanol–water partition coefficient (Wildman–Crippen LogP) is 0.459. The van der Waals surface area contributed by atoms with E-state index in [1.807, 2.05) is 17.9 Å². The van der Waals surface area contributed by atoms with E-state index in [0.717, 1.165) is 50.7 Å². The number of aromatic nitrogens is 1. The number of piperazine rings is 1. The van der Waals surface area contributed by atoms with Crippen molar-refractivity contribution in [3.63, 3.8) is 0 Å². The fourth-order valence-electron chi connectivity index (χ4n) is 2.77. The van der Waals surface area contributed by atoms with Crippen molar-refractivity contribution in [1.29, 1.82) is 0 Å². The standard InChI is InChI=1S/C14H22N4O3.2ClH/c1-11-8-12(21-16-11)10-17-3-5-18(6-4-17)14(19)13-9-15-2-7-20-13;;/h8,13,15H,2-7,9-10H2,1H3;2*1H. The van der Waals surface area contributed by atoms with Crippen molar-refractivity contribution in [1.82, 2.24) is 20.3 Å². The molecular weight excluding hydrogens is 343 g/mol. The quantitative estimate of drug-likeness (QED) is 0.837. The summed E-state index contributed by atoms with van der Waals surface area (Å²) in [6, 6.07) is 1.96. The molecular formula is C14H24Cl2N4O3. The SMILES string of the molecule is Cc1cc(CN2CCN(C(=O)C3CNCCO3)CC2)on1.Cl.Cl. The van der Waals surface area contributed by atoms with Crippen LogP contribution in [0.15, 0.2) is 10.6 Å². The molecule has 2 aliphatic heterocycles. The van der Waals surface area contributed by atoms with Crippen molar-refractivity contribution in [2.75, 3.05) is 45.9 Å². The van der Waals surface area contributed by atoms with E-state index < -0.39 is 0 Å². The number of amides is 1. The number of aryl methyl sites for hydroxylation is 1. The van der Waals surface area contributed by atoms with Gasteiger partial charge in [0.2, 0.25) is 0 Å². The number of carbonyl (C=O) groups excluding carboxylic acids is 1. The lowest BCUT2D eigenvalue weighted by atomic mass is 10.2. The number of morpholine rings is 1. The Morgan fingerprint density at radius 2 is 2.09 bits per heavy atom. The van der Waals surface area contributed by atoms with E-state index in [0.29, 0.717) is 13.2 Å². The minimum atomic E-state index is -0.317. The Bertz CT molecular complexity index is 486. The van der Waals surface area contributed by atoms with E-state index in [4.69, 9.17) is 9.26 Å². The van der Waals surface area contributed by atoms with Crippen LogP contribution < -0.4 is 5.32 Å². The number of ether oxygens (including phenoxy) is 1. The van der Waals surface area contributed by atoms with Gasteiger partial charge < -0.3 is 19.5 Å². The Morgan fingerprint density at radius 1 is 1.35 bits per heavy atom. The summed E-state index contributed by atoms with van der Waals surface area (Å²) in [5, 5.41) is 7.09. The first-order valence-corrected chi connectivity index (χ1v) is 7.48. The average Bonchev–Trinajstić information content (AvgIpc) is 2.93. The second-order valence-corrected chi connectivity index (χ2v) is 5.60. The molecule has 3 rings (SSSR count). The molecule has 0 bridgehead atoms. The van der Waals surface area contributed by atoms with Crippen LogP contribution in [0, 0.1) is 6.92 Å². The number of rotatable bonds is 3. The minimum Gasteiger partial charge on any atom is -0.366 e. The number of halogens is 2. The fraction of sp³-hybridized carbons (Fsp3) is 0.714. The zero-order chi connectivity index (χ0) is 14.7. The molecule has 1 aromatic rings. The predicted molar refractivity (Wildman–Crippen MR) is 90.2 cm³/mol. The van der Waals surface area contributed by atoms with Gasteiger partial charge in [-0.25, -0.2) is 0 Å². The molecule has 132 valence electrons. The zero-order valence-corrected chi connectivity index (χ0v) is 14.8. The first-order valence-electron chi connectivity index (χ1n) is 7.48. The van der Waals surface area contributed by atoms with Crippen LogP contribution in [-0.4, -0.2) is 72.8 Å². The van der Waals surface area contributed by atoms with Gasteiger partial charge in [0.25, 0.3) is 5.91 Å². The Labute approximate surface area is 148 Å². The topological polar surface area (TPSA) is 70.8 Å². The summed E-state index contributed by atoms with van der Waals surface area (Å²) >= 11 is 0. The summed E-state index contributed by atoms with van der Waals surface area (Å²) in [5.74, 6) is 0.990. The molecule has 0 radical (unpaired) electrons. The molecule has 1 aromatic heterocycles. The summed E-state index contributed by atoms with van der Waals surface area (Å²) in [4.78, 5) is 16.5. The van der Waals surface area contributed by atoms with Crippen molar-refractivity contribution in [2.45, 2.75) is 19.6 Å².